The van der Waals surface area contributed by atoms with Crippen LogP contribution in [0, 0.1) is 0 Å². The smallest absolute Gasteiger partial charge is 0.0364 e. The topological polar surface area (TPSA) is 27.6 Å². The molecule has 0 aromatic heterocycles. The van der Waals surface area contributed by atoms with Crippen LogP contribution in [-0.2, 0) is 0 Å². The lowest BCUT2D eigenvalue weighted by Gasteiger charge is -2.12. The van der Waals surface area contributed by atoms with Gasteiger partial charge in [-0.1, -0.05) is 0 Å². The molecule has 0 unspecified atom stereocenters. The van der Waals surface area contributed by atoms with Gasteiger partial charge in [0.1, 0.15) is 0 Å². The fraction of sp³-hybridized carbons (Fsp3) is 0.615. The Morgan fingerprint density at radius 2 is 2.18 bits per heavy atom. The summed E-state index contributed by atoms with van der Waals surface area (Å²) in [6.07, 6.45) is 8.05. The maximum atomic E-state index is 5.68. The second-order valence-corrected chi connectivity index (χ2v) is 4.17. The van der Waals surface area contributed by atoms with E-state index in [9.17, 15) is 0 Å². The Morgan fingerprint density at radius 3 is 2.71 bits per heavy atom. The van der Waals surface area contributed by atoms with E-state index >= 15 is 0 Å². The highest BCUT2D eigenvalue weighted by Gasteiger charge is 1.95. The van der Waals surface area contributed by atoms with E-state index in [1.807, 2.05) is 45.1 Å². The van der Waals surface area contributed by atoms with Crippen molar-refractivity contribution >= 4 is 17.3 Å². The molecule has 4 heteroatoms. The van der Waals surface area contributed by atoms with E-state index in [1.165, 1.54) is 5.70 Å². The molecule has 0 aromatic rings. The van der Waals surface area contributed by atoms with Gasteiger partial charge in [0.05, 0.1) is 0 Å². The molecule has 0 atom stereocenters. The molecule has 0 radical (unpaired) electrons. The van der Waals surface area contributed by atoms with Crippen LogP contribution in [0.1, 0.15) is 26.7 Å². The highest BCUT2D eigenvalue weighted by molar-refractivity contribution is 6.17. The highest BCUT2D eigenvalue weighted by Crippen LogP contribution is 2.03. The van der Waals surface area contributed by atoms with Crippen molar-refractivity contribution in [3.8, 4) is 0 Å². The summed E-state index contributed by atoms with van der Waals surface area (Å²) in [5.74, 6) is 0.695. The minimum Gasteiger partial charge on any atom is -0.390 e. The summed E-state index contributed by atoms with van der Waals surface area (Å²) in [4.78, 5) is 6.32. The number of halogens is 1. The number of aliphatic imine (C=N–C) groups is 1. The summed E-state index contributed by atoms with van der Waals surface area (Å²) in [5, 5.41) is 3.18. The Kier molecular flexibility index (Phi) is 9.63. The third kappa shape index (κ3) is 8.81. The van der Waals surface area contributed by atoms with E-state index < -0.39 is 0 Å². The molecule has 0 aliphatic heterocycles. The van der Waals surface area contributed by atoms with Crippen LogP contribution in [0.4, 0.5) is 0 Å². The Balaban J connectivity index is 4.33. The molecule has 0 aliphatic rings. The molecule has 3 nitrogen and oxygen atoms in total. The van der Waals surface area contributed by atoms with Crippen molar-refractivity contribution in [3.63, 3.8) is 0 Å². The number of nitrogens with zero attached hydrogens (tertiary/aromatic N) is 2. The molecule has 0 bridgehead atoms. The molecule has 17 heavy (non-hydrogen) atoms. The van der Waals surface area contributed by atoms with Gasteiger partial charge in [0, 0.05) is 50.3 Å². The van der Waals surface area contributed by atoms with E-state index in [0.29, 0.717) is 5.88 Å². The van der Waals surface area contributed by atoms with Crippen LogP contribution >= 0.6 is 11.6 Å². The van der Waals surface area contributed by atoms with Gasteiger partial charge in [0.2, 0.25) is 0 Å². The van der Waals surface area contributed by atoms with Crippen LogP contribution in [0.25, 0.3) is 0 Å². The van der Waals surface area contributed by atoms with Crippen LogP contribution in [0.5, 0.6) is 0 Å². The second-order valence-electron chi connectivity index (χ2n) is 3.79. The SMILES string of the molecule is CC/N=C(C)/C=C\N(C)/C=C(\CCCCl)NC. The van der Waals surface area contributed by atoms with Crippen molar-refractivity contribution in [3.05, 3.63) is 24.2 Å². The third-order valence-electron chi connectivity index (χ3n) is 2.22. The standard InChI is InChI=1S/C13H24ClN3/c1-5-16-12(2)8-10-17(4)11-13(15-3)7-6-9-14/h8,10-11,15H,5-7,9H2,1-4H3/b10-8-,13-11+,16-12+. The van der Waals surface area contributed by atoms with Crippen molar-refractivity contribution in [2.45, 2.75) is 26.7 Å². The molecule has 0 saturated heterocycles. The van der Waals surface area contributed by atoms with Crippen LogP contribution in [0.3, 0.4) is 0 Å². The number of alkyl halides is 1. The number of rotatable bonds is 8. The third-order valence-corrected chi connectivity index (χ3v) is 2.49. The molecule has 0 saturated carbocycles. The first-order chi connectivity index (χ1) is 8.13. The normalized spacial score (nSPS) is 13.2. The van der Waals surface area contributed by atoms with Crippen LogP contribution in [-0.4, -0.2) is 37.1 Å². The molecule has 1 N–H and O–H groups in total. The first-order valence-corrected chi connectivity index (χ1v) is 6.53. The first-order valence-electron chi connectivity index (χ1n) is 5.99. The quantitative estimate of drug-likeness (QED) is 0.535. The molecule has 0 amide bonds. The van der Waals surface area contributed by atoms with Crippen molar-refractivity contribution in [2.75, 3.05) is 26.5 Å². The summed E-state index contributed by atoms with van der Waals surface area (Å²) in [7, 11) is 3.94. The first kappa shape index (κ1) is 16.0. The van der Waals surface area contributed by atoms with Crippen molar-refractivity contribution in [1.29, 1.82) is 0 Å². The lowest BCUT2D eigenvalue weighted by molar-refractivity contribution is 0.604. The maximum absolute atomic E-state index is 5.68. The Bertz CT molecular complexity index is 282. The summed E-state index contributed by atoms with van der Waals surface area (Å²) >= 11 is 5.68. The summed E-state index contributed by atoms with van der Waals surface area (Å²) < 4.78 is 0. The minimum atomic E-state index is 0.695. The van der Waals surface area contributed by atoms with Gasteiger partial charge in [0.25, 0.3) is 0 Å². The predicted octanol–water partition coefficient (Wildman–Crippen LogP) is 2.99. The molecule has 0 heterocycles. The zero-order valence-electron chi connectivity index (χ0n) is 11.3. The predicted molar refractivity (Wildman–Crippen MR) is 77.6 cm³/mol. The molecule has 0 rings (SSSR count). The van der Waals surface area contributed by atoms with Gasteiger partial charge < -0.3 is 10.2 Å². The van der Waals surface area contributed by atoms with Gasteiger partial charge in [-0.15, -0.1) is 11.6 Å². The largest absolute Gasteiger partial charge is 0.390 e. The fourth-order valence-electron chi connectivity index (χ4n) is 1.33. The van der Waals surface area contributed by atoms with Gasteiger partial charge >= 0.3 is 0 Å². The minimum absolute atomic E-state index is 0.695. The second kappa shape index (κ2) is 10.2. The lowest BCUT2D eigenvalue weighted by Crippen LogP contribution is -2.12. The van der Waals surface area contributed by atoms with E-state index in [1.54, 1.807) is 0 Å². The van der Waals surface area contributed by atoms with Gasteiger partial charge in [-0.25, -0.2) is 0 Å². The molecule has 0 aromatic carbocycles. The van der Waals surface area contributed by atoms with E-state index in [0.717, 1.165) is 25.1 Å². The fourth-order valence-corrected chi connectivity index (χ4v) is 1.46. The average molecular weight is 258 g/mol. The molecule has 0 spiro atoms. The number of hydrogen-bond acceptors (Lipinski definition) is 3. The van der Waals surface area contributed by atoms with Crippen molar-refractivity contribution in [2.24, 2.45) is 4.99 Å². The zero-order chi connectivity index (χ0) is 13.1. The van der Waals surface area contributed by atoms with Gasteiger partial charge in [0.15, 0.2) is 0 Å². The zero-order valence-corrected chi connectivity index (χ0v) is 12.1. The molecular weight excluding hydrogens is 234 g/mol. The van der Waals surface area contributed by atoms with Crippen LogP contribution in [0.2, 0.25) is 0 Å². The van der Waals surface area contributed by atoms with Gasteiger partial charge in [-0.05, 0) is 32.8 Å². The van der Waals surface area contributed by atoms with Crippen LogP contribution < -0.4 is 5.32 Å². The van der Waals surface area contributed by atoms with Crippen molar-refractivity contribution < 1.29 is 0 Å². The maximum Gasteiger partial charge on any atom is 0.0364 e. The Morgan fingerprint density at radius 1 is 1.47 bits per heavy atom. The number of nitrogens with one attached hydrogen (secondary N) is 1. The van der Waals surface area contributed by atoms with E-state index in [2.05, 4.69) is 16.5 Å². The summed E-state index contributed by atoms with van der Waals surface area (Å²) in [5.41, 5.74) is 2.22. The number of hydrogen-bond donors (Lipinski definition) is 1. The summed E-state index contributed by atoms with van der Waals surface area (Å²) in [6.45, 7) is 4.86. The number of allylic oxidation sites excluding steroid dienone is 2. The summed E-state index contributed by atoms with van der Waals surface area (Å²) in [6, 6.07) is 0. The van der Waals surface area contributed by atoms with Gasteiger partial charge in [-0.3, -0.25) is 4.99 Å². The van der Waals surface area contributed by atoms with Crippen molar-refractivity contribution in [1.82, 2.24) is 10.2 Å². The Labute approximate surface area is 110 Å². The van der Waals surface area contributed by atoms with E-state index in [-0.39, 0.29) is 0 Å². The van der Waals surface area contributed by atoms with E-state index in [4.69, 9.17) is 11.6 Å². The lowest BCUT2D eigenvalue weighted by atomic mass is 10.2. The highest BCUT2D eigenvalue weighted by atomic mass is 35.5. The van der Waals surface area contributed by atoms with Crippen LogP contribution in [0.15, 0.2) is 29.2 Å². The molecular formula is C13H24ClN3. The monoisotopic (exact) mass is 257 g/mol. The molecule has 0 aliphatic carbocycles. The molecule has 0 fully saturated rings. The Hall–Kier alpha value is -0.960. The average Bonchev–Trinajstić information content (AvgIpc) is 2.32. The molecule has 98 valence electrons. The van der Waals surface area contributed by atoms with Gasteiger partial charge in [-0.2, -0.15) is 0 Å².